The second kappa shape index (κ2) is 7.92. The van der Waals surface area contributed by atoms with Crippen molar-refractivity contribution >= 4 is 28.3 Å². The van der Waals surface area contributed by atoms with E-state index in [9.17, 15) is 13.2 Å². The predicted octanol–water partition coefficient (Wildman–Crippen LogP) is 1.25. The summed E-state index contributed by atoms with van der Waals surface area (Å²) < 4.78 is 27.5. The Hall–Kier alpha value is -1.15. The van der Waals surface area contributed by atoms with Gasteiger partial charge in [-0.3, -0.25) is 4.79 Å². The summed E-state index contributed by atoms with van der Waals surface area (Å²) in [6.07, 6.45) is 0.609. The van der Waals surface area contributed by atoms with E-state index in [2.05, 4.69) is 4.72 Å². The molecule has 0 saturated carbocycles. The van der Waals surface area contributed by atoms with E-state index < -0.39 is 21.5 Å². The van der Waals surface area contributed by atoms with Crippen LogP contribution in [0.1, 0.15) is 37.6 Å². The maximum Gasteiger partial charge on any atom is 0.248 e. The van der Waals surface area contributed by atoms with Gasteiger partial charge in [0.05, 0.1) is 4.90 Å². The molecule has 0 spiro atoms. The molecule has 0 aromatic heterocycles. The highest BCUT2D eigenvalue weighted by Gasteiger charge is 2.30. The van der Waals surface area contributed by atoms with Crippen LogP contribution in [0.25, 0.3) is 0 Å². The van der Waals surface area contributed by atoms with E-state index in [-0.39, 0.29) is 29.4 Å². The minimum Gasteiger partial charge on any atom is -0.366 e. The van der Waals surface area contributed by atoms with Gasteiger partial charge in [0.25, 0.3) is 0 Å². The summed E-state index contributed by atoms with van der Waals surface area (Å²) in [6.45, 7) is 5.94. The van der Waals surface area contributed by atoms with E-state index in [0.29, 0.717) is 12.3 Å². The molecule has 0 bridgehead atoms. The lowest BCUT2D eigenvalue weighted by atomic mass is 9.92. The van der Waals surface area contributed by atoms with E-state index in [1.807, 2.05) is 13.8 Å². The molecular formula is C14H24ClN3O3S. The fraction of sp³-hybridized carbons (Fsp3) is 0.500. The Labute approximate surface area is 138 Å². The highest BCUT2D eigenvalue weighted by molar-refractivity contribution is 7.89. The van der Waals surface area contributed by atoms with Crippen LogP contribution >= 0.6 is 12.4 Å². The Morgan fingerprint density at radius 3 is 2.41 bits per heavy atom. The largest absolute Gasteiger partial charge is 0.366 e. The zero-order chi connectivity index (χ0) is 16.3. The molecular weight excluding hydrogens is 326 g/mol. The SMILES string of the molecule is CC(C)CC(C)(CN)NS(=O)(=O)c1cccc(C(N)=O)c1.Cl. The third kappa shape index (κ3) is 5.57. The summed E-state index contributed by atoms with van der Waals surface area (Å²) in [5, 5.41) is 0. The van der Waals surface area contributed by atoms with Crippen LogP contribution in [0.5, 0.6) is 0 Å². The number of primary amides is 1. The summed E-state index contributed by atoms with van der Waals surface area (Å²) in [6, 6.07) is 5.63. The highest BCUT2D eigenvalue weighted by atomic mass is 35.5. The van der Waals surface area contributed by atoms with Gasteiger partial charge in [0.1, 0.15) is 0 Å². The molecule has 6 nitrogen and oxygen atoms in total. The Morgan fingerprint density at radius 1 is 1.36 bits per heavy atom. The molecule has 1 aromatic rings. The molecule has 0 radical (unpaired) electrons. The highest BCUT2D eigenvalue weighted by Crippen LogP contribution is 2.20. The molecule has 22 heavy (non-hydrogen) atoms. The lowest BCUT2D eigenvalue weighted by Gasteiger charge is -2.30. The molecule has 5 N–H and O–H groups in total. The zero-order valence-corrected chi connectivity index (χ0v) is 14.6. The Morgan fingerprint density at radius 2 is 1.95 bits per heavy atom. The fourth-order valence-electron chi connectivity index (χ4n) is 2.27. The maximum atomic E-state index is 12.4. The van der Waals surface area contributed by atoms with Crippen LogP contribution < -0.4 is 16.2 Å². The van der Waals surface area contributed by atoms with Crippen LogP contribution in [0.2, 0.25) is 0 Å². The summed E-state index contributed by atoms with van der Waals surface area (Å²) >= 11 is 0. The van der Waals surface area contributed by atoms with Crippen molar-refractivity contribution in [1.29, 1.82) is 0 Å². The van der Waals surface area contributed by atoms with Crippen LogP contribution in [0.4, 0.5) is 0 Å². The molecule has 1 rings (SSSR count). The molecule has 1 atom stereocenters. The first kappa shape index (κ1) is 20.9. The van der Waals surface area contributed by atoms with Gasteiger partial charge in [-0.25, -0.2) is 13.1 Å². The van der Waals surface area contributed by atoms with E-state index >= 15 is 0 Å². The Bertz CT molecular complexity index is 620. The van der Waals surface area contributed by atoms with Crippen LogP contribution in [-0.4, -0.2) is 26.4 Å². The average Bonchev–Trinajstić information content (AvgIpc) is 2.37. The minimum atomic E-state index is -3.77. The van der Waals surface area contributed by atoms with E-state index in [1.165, 1.54) is 24.3 Å². The maximum absolute atomic E-state index is 12.4. The summed E-state index contributed by atoms with van der Waals surface area (Å²) in [4.78, 5) is 11.2. The molecule has 1 aromatic carbocycles. The van der Waals surface area contributed by atoms with Gasteiger partial charge in [0.15, 0.2) is 0 Å². The van der Waals surface area contributed by atoms with Gasteiger partial charge in [-0.05, 0) is 37.5 Å². The summed E-state index contributed by atoms with van der Waals surface area (Å²) in [5.74, 6) is -0.381. The molecule has 0 aliphatic heterocycles. The van der Waals surface area contributed by atoms with Crippen LogP contribution in [0.3, 0.4) is 0 Å². The van der Waals surface area contributed by atoms with E-state index in [4.69, 9.17) is 11.5 Å². The van der Waals surface area contributed by atoms with Crippen molar-refractivity contribution < 1.29 is 13.2 Å². The van der Waals surface area contributed by atoms with E-state index in [0.717, 1.165) is 0 Å². The van der Waals surface area contributed by atoms with Crippen molar-refractivity contribution in [2.75, 3.05) is 6.54 Å². The van der Waals surface area contributed by atoms with Gasteiger partial charge in [0, 0.05) is 17.6 Å². The van der Waals surface area contributed by atoms with E-state index in [1.54, 1.807) is 6.92 Å². The number of nitrogens with two attached hydrogens (primary N) is 2. The van der Waals surface area contributed by atoms with Gasteiger partial charge in [-0.1, -0.05) is 19.9 Å². The van der Waals surface area contributed by atoms with Crippen molar-refractivity contribution in [2.45, 2.75) is 37.6 Å². The van der Waals surface area contributed by atoms with Gasteiger partial charge >= 0.3 is 0 Å². The monoisotopic (exact) mass is 349 g/mol. The number of hydrogen-bond acceptors (Lipinski definition) is 4. The van der Waals surface area contributed by atoms with Crippen molar-refractivity contribution in [2.24, 2.45) is 17.4 Å². The van der Waals surface area contributed by atoms with Crippen LogP contribution in [0, 0.1) is 5.92 Å². The first-order valence-electron chi connectivity index (χ1n) is 6.73. The Kier molecular flexibility index (Phi) is 7.50. The number of sulfonamides is 1. The summed E-state index contributed by atoms with van der Waals surface area (Å²) in [5.41, 5.74) is 10.3. The molecule has 126 valence electrons. The molecule has 1 unspecified atom stereocenters. The quantitative estimate of drug-likeness (QED) is 0.687. The third-order valence-electron chi connectivity index (χ3n) is 3.12. The molecule has 0 fully saturated rings. The third-order valence-corrected chi connectivity index (χ3v) is 4.75. The van der Waals surface area contributed by atoms with Crippen molar-refractivity contribution in [3.05, 3.63) is 29.8 Å². The number of halogens is 1. The molecule has 8 heteroatoms. The molecule has 0 aliphatic carbocycles. The summed E-state index contributed by atoms with van der Waals surface area (Å²) in [7, 11) is -3.77. The lowest BCUT2D eigenvalue weighted by molar-refractivity contribution is 0.1000. The molecule has 0 heterocycles. The second-order valence-corrected chi connectivity index (χ2v) is 7.54. The topological polar surface area (TPSA) is 115 Å². The molecule has 1 amide bonds. The van der Waals surface area contributed by atoms with Gasteiger partial charge in [-0.15, -0.1) is 12.4 Å². The van der Waals surface area contributed by atoms with Crippen molar-refractivity contribution in [3.63, 3.8) is 0 Å². The number of carbonyl (C=O) groups is 1. The smallest absolute Gasteiger partial charge is 0.248 e. The van der Waals surface area contributed by atoms with Crippen molar-refractivity contribution in [3.8, 4) is 0 Å². The molecule has 0 aliphatic rings. The number of carbonyl (C=O) groups excluding carboxylic acids is 1. The van der Waals surface area contributed by atoms with Crippen LogP contribution in [0.15, 0.2) is 29.2 Å². The zero-order valence-electron chi connectivity index (χ0n) is 13.0. The number of rotatable bonds is 7. The number of nitrogens with one attached hydrogen (secondary N) is 1. The fourth-order valence-corrected chi connectivity index (χ4v) is 3.74. The Balaban J connectivity index is 0.00000441. The minimum absolute atomic E-state index is 0. The second-order valence-electron chi connectivity index (χ2n) is 5.86. The number of hydrogen-bond donors (Lipinski definition) is 3. The lowest BCUT2D eigenvalue weighted by Crippen LogP contribution is -2.52. The van der Waals surface area contributed by atoms with Gasteiger partial charge < -0.3 is 11.5 Å². The van der Waals surface area contributed by atoms with Gasteiger partial charge in [-0.2, -0.15) is 0 Å². The first-order valence-corrected chi connectivity index (χ1v) is 8.22. The van der Waals surface area contributed by atoms with Crippen LogP contribution in [-0.2, 0) is 10.0 Å². The van der Waals surface area contributed by atoms with Crippen molar-refractivity contribution in [1.82, 2.24) is 4.72 Å². The standard InChI is InChI=1S/C14H23N3O3S.ClH/c1-10(2)8-14(3,9-15)17-21(19,20)12-6-4-5-11(7-12)13(16)18;/h4-7,10,17H,8-9,15H2,1-3H3,(H2,16,18);1H. The molecule has 0 saturated heterocycles. The first-order chi connectivity index (χ1) is 9.59. The predicted molar refractivity (Wildman–Crippen MR) is 89.4 cm³/mol. The normalized spacial score (nSPS) is 14.2. The number of benzene rings is 1. The number of amides is 1. The average molecular weight is 350 g/mol. The van der Waals surface area contributed by atoms with Gasteiger partial charge in [0.2, 0.25) is 15.9 Å².